The van der Waals surface area contributed by atoms with E-state index in [-0.39, 0.29) is 10.0 Å². The van der Waals surface area contributed by atoms with Crippen LogP contribution >= 0.6 is 11.3 Å². The number of aryl methyl sites for hydroxylation is 2. The van der Waals surface area contributed by atoms with Crippen LogP contribution in [-0.4, -0.2) is 13.4 Å². The molecule has 0 unspecified atom stereocenters. The molecule has 0 aliphatic rings. The number of anilines is 3. The molecule has 0 spiro atoms. The van der Waals surface area contributed by atoms with E-state index in [9.17, 15) is 8.42 Å². The van der Waals surface area contributed by atoms with Crippen molar-refractivity contribution in [3.63, 3.8) is 0 Å². The molecular weight excluding hydrogens is 342 g/mol. The highest BCUT2D eigenvalue weighted by Gasteiger charge is 2.16. The minimum Gasteiger partial charge on any atom is -0.354 e. The molecule has 5 nitrogen and oxygen atoms in total. The van der Waals surface area contributed by atoms with Gasteiger partial charge in [-0.25, -0.2) is 13.4 Å². The average molecular weight is 359 g/mol. The standard InChI is InChI=1S/C17H17N3O2S2/c1-12-4-3-5-14(10-12)19-15-7-8-16(18-11-15)20-24(21,22)17-9-6-13(2)23-17/h3-11,19H,1-2H3,(H,18,20). The molecule has 0 aliphatic heterocycles. The van der Waals surface area contributed by atoms with Crippen molar-refractivity contribution >= 4 is 38.6 Å². The molecule has 0 bridgehead atoms. The SMILES string of the molecule is Cc1cccc(Nc2ccc(NS(=O)(=O)c3ccc(C)s3)nc2)c1. The molecule has 3 rings (SSSR count). The van der Waals surface area contributed by atoms with E-state index in [1.54, 1.807) is 30.5 Å². The topological polar surface area (TPSA) is 71.1 Å². The molecule has 0 fully saturated rings. The van der Waals surface area contributed by atoms with Gasteiger partial charge in [0.15, 0.2) is 0 Å². The van der Waals surface area contributed by atoms with Gasteiger partial charge in [-0.15, -0.1) is 11.3 Å². The lowest BCUT2D eigenvalue weighted by Gasteiger charge is -2.09. The van der Waals surface area contributed by atoms with Crippen molar-refractivity contribution in [2.75, 3.05) is 10.0 Å². The molecule has 2 aromatic heterocycles. The Morgan fingerprint density at radius 3 is 2.46 bits per heavy atom. The normalized spacial score (nSPS) is 11.2. The van der Waals surface area contributed by atoms with Crippen molar-refractivity contribution in [1.29, 1.82) is 0 Å². The van der Waals surface area contributed by atoms with E-state index in [1.165, 1.54) is 11.3 Å². The highest BCUT2D eigenvalue weighted by atomic mass is 32.2. The summed E-state index contributed by atoms with van der Waals surface area (Å²) in [6, 6.07) is 14.8. The number of rotatable bonds is 5. The largest absolute Gasteiger partial charge is 0.354 e. The summed E-state index contributed by atoms with van der Waals surface area (Å²) in [5.41, 5.74) is 2.90. The molecule has 24 heavy (non-hydrogen) atoms. The smallest absolute Gasteiger partial charge is 0.272 e. The number of aromatic nitrogens is 1. The average Bonchev–Trinajstić information content (AvgIpc) is 2.97. The number of hydrogen-bond acceptors (Lipinski definition) is 5. The number of thiophene rings is 1. The van der Waals surface area contributed by atoms with E-state index in [4.69, 9.17) is 0 Å². The fourth-order valence-electron chi connectivity index (χ4n) is 2.16. The van der Waals surface area contributed by atoms with Crippen LogP contribution in [0.25, 0.3) is 0 Å². The van der Waals surface area contributed by atoms with E-state index >= 15 is 0 Å². The Kier molecular flexibility index (Phi) is 4.55. The van der Waals surface area contributed by atoms with Gasteiger partial charge in [-0.1, -0.05) is 12.1 Å². The highest BCUT2D eigenvalue weighted by Crippen LogP contribution is 2.23. The molecule has 0 saturated heterocycles. The first kappa shape index (κ1) is 16.5. The minimum atomic E-state index is -3.58. The van der Waals surface area contributed by atoms with Crippen LogP contribution in [0.15, 0.2) is 58.9 Å². The van der Waals surface area contributed by atoms with Crippen LogP contribution in [0.1, 0.15) is 10.4 Å². The van der Waals surface area contributed by atoms with Crippen LogP contribution in [0.3, 0.4) is 0 Å². The fraction of sp³-hybridized carbons (Fsp3) is 0.118. The molecule has 0 amide bonds. The molecule has 0 saturated carbocycles. The predicted octanol–water partition coefficient (Wildman–Crippen LogP) is 4.30. The molecule has 1 aromatic carbocycles. The first-order valence-electron chi connectivity index (χ1n) is 7.31. The van der Waals surface area contributed by atoms with Crippen molar-refractivity contribution in [3.8, 4) is 0 Å². The molecule has 2 N–H and O–H groups in total. The van der Waals surface area contributed by atoms with Gasteiger partial charge in [0.1, 0.15) is 10.0 Å². The van der Waals surface area contributed by atoms with Gasteiger partial charge in [0, 0.05) is 10.6 Å². The molecule has 0 radical (unpaired) electrons. The van der Waals surface area contributed by atoms with Gasteiger partial charge in [-0.2, -0.15) is 0 Å². The van der Waals surface area contributed by atoms with Gasteiger partial charge in [0.05, 0.1) is 11.9 Å². The summed E-state index contributed by atoms with van der Waals surface area (Å²) >= 11 is 1.23. The number of benzene rings is 1. The Labute approximate surface area is 145 Å². The summed E-state index contributed by atoms with van der Waals surface area (Å²) in [6.45, 7) is 3.89. The third-order valence-corrected chi connectivity index (χ3v) is 6.14. The second-order valence-electron chi connectivity index (χ2n) is 5.40. The van der Waals surface area contributed by atoms with E-state index in [1.807, 2.05) is 38.1 Å². The summed E-state index contributed by atoms with van der Waals surface area (Å²) in [5, 5.41) is 3.23. The lowest BCUT2D eigenvalue weighted by molar-refractivity contribution is 0.603. The number of nitrogens with zero attached hydrogens (tertiary/aromatic N) is 1. The summed E-state index contributed by atoms with van der Waals surface area (Å²) in [4.78, 5) is 5.11. The number of sulfonamides is 1. The molecule has 7 heteroatoms. The van der Waals surface area contributed by atoms with Crippen LogP contribution in [0.2, 0.25) is 0 Å². The van der Waals surface area contributed by atoms with Crippen molar-refractivity contribution < 1.29 is 8.42 Å². The maximum atomic E-state index is 12.3. The first-order valence-corrected chi connectivity index (χ1v) is 9.61. The molecule has 124 valence electrons. The van der Waals surface area contributed by atoms with Gasteiger partial charge in [0.25, 0.3) is 10.0 Å². The Balaban J connectivity index is 1.73. The predicted molar refractivity (Wildman–Crippen MR) is 98.6 cm³/mol. The quantitative estimate of drug-likeness (QED) is 0.712. The molecular formula is C17H17N3O2S2. The van der Waals surface area contributed by atoms with Crippen LogP contribution in [0.4, 0.5) is 17.2 Å². The first-order chi connectivity index (χ1) is 11.4. The Morgan fingerprint density at radius 1 is 1.00 bits per heavy atom. The number of hydrogen-bond donors (Lipinski definition) is 2. The van der Waals surface area contributed by atoms with E-state index in [0.29, 0.717) is 0 Å². The third kappa shape index (κ3) is 3.93. The zero-order valence-electron chi connectivity index (χ0n) is 13.3. The summed E-state index contributed by atoms with van der Waals surface area (Å²) in [6.07, 6.45) is 1.60. The van der Waals surface area contributed by atoms with Crippen molar-refractivity contribution in [3.05, 3.63) is 65.2 Å². The Bertz CT molecular complexity index is 948. The number of nitrogens with one attached hydrogen (secondary N) is 2. The molecule has 0 atom stereocenters. The van der Waals surface area contributed by atoms with Gasteiger partial charge in [0.2, 0.25) is 0 Å². The summed E-state index contributed by atoms with van der Waals surface area (Å²) < 4.78 is 27.3. The van der Waals surface area contributed by atoms with E-state index in [0.717, 1.165) is 21.8 Å². The maximum absolute atomic E-state index is 12.3. The van der Waals surface area contributed by atoms with Crippen molar-refractivity contribution in [2.24, 2.45) is 0 Å². The Hall–Kier alpha value is -2.38. The summed E-state index contributed by atoms with van der Waals surface area (Å²) in [7, 11) is -3.58. The summed E-state index contributed by atoms with van der Waals surface area (Å²) in [5.74, 6) is 0.288. The van der Waals surface area contributed by atoms with Crippen LogP contribution in [0.5, 0.6) is 0 Å². The van der Waals surface area contributed by atoms with Crippen molar-refractivity contribution in [1.82, 2.24) is 4.98 Å². The highest BCUT2D eigenvalue weighted by molar-refractivity contribution is 7.94. The monoisotopic (exact) mass is 359 g/mol. The lowest BCUT2D eigenvalue weighted by Crippen LogP contribution is -2.12. The van der Waals surface area contributed by atoms with Gasteiger partial charge < -0.3 is 5.32 Å². The number of pyridine rings is 1. The molecule has 3 aromatic rings. The Morgan fingerprint density at radius 2 is 1.83 bits per heavy atom. The second-order valence-corrected chi connectivity index (χ2v) is 8.59. The van der Waals surface area contributed by atoms with Crippen molar-refractivity contribution in [2.45, 2.75) is 18.1 Å². The molecule has 0 aliphatic carbocycles. The molecule has 2 heterocycles. The lowest BCUT2D eigenvalue weighted by atomic mass is 10.2. The minimum absolute atomic E-state index is 0.281. The van der Waals surface area contributed by atoms with E-state index in [2.05, 4.69) is 15.0 Å². The third-order valence-electron chi connectivity index (χ3n) is 3.29. The van der Waals surface area contributed by atoms with E-state index < -0.39 is 10.0 Å². The van der Waals surface area contributed by atoms with Crippen LogP contribution in [0, 0.1) is 13.8 Å². The zero-order valence-corrected chi connectivity index (χ0v) is 14.9. The van der Waals surface area contributed by atoms with Gasteiger partial charge in [-0.3, -0.25) is 4.72 Å². The van der Waals surface area contributed by atoms with Crippen LogP contribution < -0.4 is 10.0 Å². The second kappa shape index (κ2) is 6.62. The van der Waals surface area contributed by atoms with Crippen LogP contribution in [-0.2, 0) is 10.0 Å². The fourth-order valence-corrected chi connectivity index (χ4v) is 4.45. The van der Waals surface area contributed by atoms with Gasteiger partial charge in [-0.05, 0) is 55.8 Å². The maximum Gasteiger partial charge on any atom is 0.272 e. The van der Waals surface area contributed by atoms with Gasteiger partial charge >= 0.3 is 0 Å². The zero-order chi connectivity index (χ0) is 17.2.